The zero-order chi connectivity index (χ0) is 6.62. The fraction of sp³-hybridized carbons (Fsp3) is 1.00. The van der Waals surface area contributed by atoms with Gasteiger partial charge in [-0.1, -0.05) is 34.1 Å². The second-order valence-corrected chi connectivity index (χ2v) is 6.99. The topological polar surface area (TPSA) is 52.0 Å². The van der Waals surface area contributed by atoms with E-state index in [0.717, 1.165) is 11.5 Å². The molecular weight excluding hydrogens is 140 g/mol. The van der Waals surface area contributed by atoms with E-state index in [2.05, 4.69) is 6.92 Å². The maximum absolute atomic E-state index is 5.65. The van der Waals surface area contributed by atoms with E-state index in [1.807, 2.05) is 6.92 Å². The summed E-state index contributed by atoms with van der Waals surface area (Å²) in [6, 6.07) is 0. The third-order valence-corrected chi connectivity index (χ3v) is 5.10. The van der Waals surface area contributed by atoms with E-state index in [4.69, 9.17) is 10.3 Å². The summed E-state index contributed by atoms with van der Waals surface area (Å²) < 4.78 is 0. The summed E-state index contributed by atoms with van der Waals surface area (Å²) in [6.07, 6.45) is 0. The van der Waals surface area contributed by atoms with Gasteiger partial charge in [0.1, 0.15) is 0 Å². The molecule has 0 aliphatic heterocycles. The van der Waals surface area contributed by atoms with Crippen molar-refractivity contribution in [2.45, 2.75) is 13.8 Å². The van der Waals surface area contributed by atoms with Gasteiger partial charge < -0.3 is 0 Å². The summed E-state index contributed by atoms with van der Waals surface area (Å²) in [6.45, 7) is 4.10. The summed E-state index contributed by atoms with van der Waals surface area (Å²) in [4.78, 5) is 0. The zero-order valence-electron chi connectivity index (χ0n) is 5.39. The monoisotopic (exact) mass is 154 g/mol. The van der Waals surface area contributed by atoms with E-state index in [-0.39, 0.29) is 0 Å². The van der Waals surface area contributed by atoms with Crippen molar-refractivity contribution in [3.8, 4) is 0 Å². The first-order chi connectivity index (χ1) is 3.62. The molecule has 0 aromatic rings. The Morgan fingerprint density at radius 3 is 2.00 bits per heavy atom. The number of rotatable bonds is 3. The minimum absolute atomic E-state index is 0.908. The highest BCUT2D eigenvalue weighted by atomic mass is 33.2. The highest BCUT2D eigenvalue weighted by Crippen LogP contribution is 2.44. The molecule has 4 heteroatoms. The molecule has 0 rings (SSSR count). The first kappa shape index (κ1) is 8.62. The van der Waals surface area contributed by atoms with Gasteiger partial charge in [0.15, 0.2) is 0 Å². The van der Waals surface area contributed by atoms with Crippen molar-refractivity contribution in [2.24, 2.45) is 10.3 Å². The van der Waals surface area contributed by atoms with Gasteiger partial charge in [-0.2, -0.15) is 0 Å². The Morgan fingerprint density at radius 2 is 1.88 bits per heavy atom. The normalized spacial score (nSPS) is 14.0. The summed E-state index contributed by atoms with van der Waals surface area (Å²) in [7, 11) is 0.420. The molecule has 0 aromatic carbocycles. The largest absolute Gasteiger partial charge is 0.276 e. The SMILES string of the molecule is CCSS(N)(N)CC. The molecule has 8 heavy (non-hydrogen) atoms. The smallest absolute Gasteiger partial charge is 0.00738 e. The molecule has 0 radical (unpaired) electrons. The molecule has 0 unspecified atom stereocenters. The molecule has 0 saturated heterocycles. The van der Waals surface area contributed by atoms with E-state index in [1.54, 1.807) is 10.8 Å². The summed E-state index contributed by atoms with van der Waals surface area (Å²) in [5.74, 6) is 1.93. The minimum Gasteiger partial charge on any atom is -0.276 e. The molecule has 4 N–H and O–H groups in total. The molecule has 0 heterocycles. The van der Waals surface area contributed by atoms with Crippen molar-refractivity contribution in [1.29, 1.82) is 0 Å². The number of hydrogen-bond donors (Lipinski definition) is 2. The van der Waals surface area contributed by atoms with Gasteiger partial charge in [-0.25, -0.2) is 0 Å². The van der Waals surface area contributed by atoms with Crippen molar-refractivity contribution in [2.75, 3.05) is 11.5 Å². The van der Waals surface area contributed by atoms with E-state index in [9.17, 15) is 0 Å². The van der Waals surface area contributed by atoms with Crippen LogP contribution in [0.25, 0.3) is 0 Å². The molecule has 0 fully saturated rings. The second-order valence-electron chi connectivity index (χ2n) is 1.47. The van der Waals surface area contributed by atoms with Crippen molar-refractivity contribution in [3.05, 3.63) is 0 Å². The fourth-order valence-electron chi connectivity index (χ4n) is 0.303. The molecular formula is C4H14N2S2. The molecule has 0 amide bonds. The van der Waals surface area contributed by atoms with Crippen molar-refractivity contribution < 1.29 is 0 Å². The van der Waals surface area contributed by atoms with Crippen LogP contribution < -0.4 is 10.3 Å². The van der Waals surface area contributed by atoms with Gasteiger partial charge in [-0.05, 0) is 0 Å². The van der Waals surface area contributed by atoms with Gasteiger partial charge in [0.05, 0.1) is 0 Å². The predicted molar refractivity (Wildman–Crippen MR) is 44.6 cm³/mol. The molecule has 0 spiro atoms. The van der Waals surface area contributed by atoms with E-state index in [1.165, 1.54) is 0 Å². The van der Waals surface area contributed by atoms with Crippen LogP contribution in [-0.4, -0.2) is 11.5 Å². The molecule has 2 nitrogen and oxygen atoms in total. The van der Waals surface area contributed by atoms with Gasteiger partial charge in [0, 0.05) is 11.5 Å². The fourth-order valence-corrected chi connectivity index (χ4v) is 2.72. The third kappa shape index (κ3) is 3.60. The Bertz CT molecular complexity index is 65.1. The predicted octanol–water partition coefficient (Wildman–Crippen LogP) is 1.23. The van der Waals surface area contributed by atoms with Crippen LogP contribution in [-0.2, 0) is 0 Å². The highest BCUT2D eigenvalue weighted by molar-refractivity contribution is 8.92. The van der Waals surface area contributed by atoms with Crippen molar-refractivity contribution in [3.63, 3.8) is 0 Å². The van der Waals surface area contributed by atoms with E-state index in [0.29, 0.717) is 0 Å². The molecule has 0 aliphatic rings. The van der Waals surface area contributed by atoms with Crippen LogP contribution in [0.1, 0.15) is 13.8 Å². The molecule has 0 aliphatic carbocycles. The maximum Gasteiger partial charge on any atom is 0.00738 e. The van der Waals surface area contributed by atoms with Crippen LogP contribution in [0.5, 0.6) is 0 Å². The van der Waals surface area contributed by atoms with Gasteiger partial charge in [0.25, 0.3) is 0 Å². The quantitative estimate of drug-likeness (QED) is 0.601. The van der Waals surface area contributed by atoms with Crippen LogP contribution in [0.3, 0.4) is 0 Å². The zero-order valence-corrected chi connectivity index (χ0v) is 7.02. The van der Waals surface area contributed by atoms with E-state index >= 15 is 0 Å². The van der Waals surface area contributed by atoms with Crippen LogP contribution >= 0.6 is 20.2 Å². The number of hydrogen-bond acceptors (Lipinski definition) is 3. The van der Waals surface area contributed by atoms with Gasteiger partial charge in [-0.3, -0.25) is 10.3 Å². The standard InChI is InChI=1S/C4H14N2S2/c1-3-7-8(5,6)4-2/h3-6H2,1-2H3. The van der Waals surface area contributed by atoms with Gasteiger partial charge >= 0.3 is 0 Å². The van der Waals surface area contributed by atoms with Gasteiger partial charge in [0.2, 0.25) is 0 Å². The lowest BCUT2D eigenvalue weighted by Gasteiger charge is -2.26. The minimum atomic E-state index is -1.25. The van der Waals surface area contributed by atoms with Crippen LogP contribution in [0, 0.1) is 0 Å². The number of nitrogens with two attached hydrogens (primary N) is 2. The lowest BCUT2D eigenvalue weighted by atomic mass is 11.0. The lowest BCUT2D eigenvalue weighted by molar-refractivity contribution is 1.47. The summed E-state index contributed by atoms with van der Waals surface area (Å²) >= 11 is 0. The molecule has 52 valence electrons. The molecule has 0 atom stereocenters. The average molecular weight is 154 g/mol. The first-order valence-electron chi connectivity index (χ1n) is 2.63. The second kappa shape index (κ2) is 3.61. The molecule has 0 saturated carbocycles. The van der Waals surface area contributed by atoms with Crippen molar-refractivity contribution in [1.82, 2.24) is 0 Å². The Labute approximate surface area is 56.4 Å². The molecule has 0 bridgehead atoms. The Morgan fingerprint density at radius 1 is 1.38 bits per heavy atom. The van der Waals surface area contributed by atoms with Crippen LogP contribution in [0.2, 0.25) is 0 Å². The third-order valence-electron chi connectivity index (χ3n) is 0.788. The van der Waals surface area contributed by atoms with Crippen molar-refractivity contribution >= 4 is 20.2 Å². The highest BCUT2D eigenvalue weighted by Gasteiger charge is 2.06. The Hall–Kier alpha value is 0.620. The Kier molecular flexibility index (Phi) is 3.89. The van der Waals surface area contributed by atoms with E-state index < -0.39 is 9.43 Å². The Balaban J connectivity index is 3.37. The lowest BCUT2D eigenvalue weighted by Crippen LogP contribution is -2.18. The first-order valence-corrected chi connectivity index (χ1v) is 6.06. The summed E-state index contributed by atoms with van der Waals surface area (Å²) in [5, 5.41) is 11.3. The van der Waals surface area contributed by atoms with Crippen LogP contribution in [0.4, 0.5) is 0 Å². The average Bonchev–Trinajstić information content (AvgIpc) is 1.67. The van der Waals surface area contributed by atoms with Gasteiger partial charge in [-0.15, -0.1) is 0 Å². The maximum atomic E-state index is 5.65. The van der Waals surface area contributed by atoms with Crippen LogP contribution in [0.15, 0.2) is 0 Å². The summed E-state index contributed by atoms with van der Waals surface area (Å²) in [5.41, 5.74) is 0. The molecule has 0 aromatic heterocycles.